The van der Waals surface area contributed by atoms with Crippen LogP contribution < -0.4 is 0 Å². The molecule has 0 bridgehead atoms. The predicted molar refractivity (Wildman–Crippen MR) is 67.7 cm³/mol. The van der Waals surface area contributed by atoms with Gasteiger partial charge in [-0.3, -0.25) is 4.79 Å². The Labute approximate surface area is 108 Å². The summed E-state index contributed by atoms with van der Waals surface area (Å²) < 4.78 is 5.62. The highest BCUT2D eigenvalue weighted by molar-refractivity contribution is 5.75. The lowest BCUT2D eigenvalue weighted by Crippen LogP contribution is -2.56. The van der Waals surface area contributed by atoms with Gasteiger partial charge >= 0.3 is 5.97 Å². The Morgan fingerprint density at radius 1 is 1.44 bits per heavy atom. The van der Waals surface area contributed by atoms with Gasteiger partial charge in [-0.15, -0.1) is 0 Å². The fourth-order valence-electron chi connectivity index (χ4n) is 4.50. The molecule has 0 amide bonds. The zero-order chi connectivity index (χ0) is 13.1. The Balaban J connectivity index is 2.01. The number of esters is 1. The van der Waals surface area contributed by atoms with E-state index < -0.39 is 5.60 Å². The number of fused-ring (bicyclic) bond motifs is 3. The van der Waals surface area contributed by atoms with Gasteiger partial charge in [-0.1, -0.05) is 26.0 Å². The second-order valence-corrected chi connectivity index (χ2v) is 6.86. The fourth-order valence-corrected chi connectivity index (χ4v) is 4.50. The van der Waals surface area contributed by atoms with Crippen LogP contribution in [0, 0.1) is 23.2 Å². The third kappa shape index (κ3) is 1.49. The highest BCUT2D eigenvalue weighted by Gasteiger charge is 2.59. The van der Waals surface area contributed by atoms with Crippen LogP contribution in [0.5, 0.6) is 0 Å². The van der Waals surface area contributed by atoms with Crippen LogP contribution in [0.4, 0.5) is 0 Å². The molecule has 100 valence electrons. The summed E-state index contributed by atoms with van der Waals surface area (Å²) in [5.74, 6) is 0.219. The minimum Gasteiger partial charge on any atom is -0.461 e. The van der Waals surface area contributed by atoms with Gasteiger partial charge in [0.25, 0.3) is 0 Å². The van der Waals surface area contributed by atoms with E-state index in [4.69, 9.17) is 4.74 Å². The molecule has 0 aromatic carbocycles. The van der Waals surface area contributed by atoms with E-state index in [1.54, 1.807) is 0 Å². The molecule has 1 saturated carbocycles. The van der Waals surface area contributed by atoms with Crippen molar-refractivity contribution in [2.24, 2.45) is 23.2 Å². The van der Waals surface area contributed by atoms with Gasteiger partial charge in [0.2, 0.25) is 0 Å². The van der Waals surface area contributed by atoms with Crippen LogP contribution >= 0.6 is 0 Å². The number of allylic oxidation sites excluding steroid dienone is 1. The second kappa shape index (κ2) is 3.60. The molecule has 0 aromatic heterocycles. The predicted octanol–water partition coefficient (Wildman–Crippen LogP) is 2.29. The average Bonchev–Trinajstić information content (AvgIpc) is 2.52. The number of rotatable bonds is 0. The third-order valence-electron chi connectivity index (χ3n) is 5.49. The van der Waals surface area contributed by atoms with Crippen LogP contribution in [0.15, 0.2) is 12.2 Å². The zero-order valence-electron chi connectivity index (χ0n) is 11.3. The van der Waals surface area contributed by atoms with E-state index in [9.17, 15) is 9.90 Å². The van der Waals surface area contributed by atoms with Crippen LogP contribution in [-0.4, -0.2) is 22.8 Å². The molecule has 0 aromatic rings. The summed E-state index contributed by atoms with van der Waals surface area (Å²) in [6, 6.07) is 0. The summed E-state index contributed by atoms with van der Waals surface area (Å²) >= 11 is 0. The van der Waals surface area contributed by atoms with Crippen molar-refractivity contribution in [3.63, 3.8) is 0 Å². The Kier molecular flexibility index (Phi) is 2.44. The normalized spacial score (nSPS) is 54.8. The maximum atomic E-state index is 11.8. The smallest absolute Gasteiger partial charge is 0.309 e. The lowest BCUT2D eigenvalue weighted by Gasteiger charge is -2.53. The van der Waals surface area contributed by atoms with Crippen molar-refractivity contribution >= 4 is 5.97 Å². The first kappa shape index (κ1) is 12.2. The lowest BCUT2D eigenvalue weighted by molar-refractivity contribution is -0.160. The van der Waals surface area contributed by atoms with E-state index in [1.165, 1.54) is 0 Å². The second-order valence-electron chi connectivity index (χ2n) is 6.86. The van der Waals surface area contributed by atoms with Crippen molar-refractivity contribution in [2.45, 2.75) is 51.7 Å². The first-order chi connectivity index (χ1) is 8.35. The van der Waals surface area contributed by atoms with Crippen molar-refractivity contribution < 1.29 is 14.6 Å². The highest BCUT2D eigenvalue weighted by atomic mass is 16.6. The molecule has 3 aliphatic rings. The van der Waals surface area contributed by atoms with Crippen LogP contribution in [0.1, 0.15) is 40.0 Å². The molecule has 1 heterocycles. The number of carbonyl (C=O) groups excluding carboxylic acids is 1. The quantitative estimate of drug-likeness (QED) is 0.530. The van der Waals surface area contributed by atoms with E-state index in [0.29, 0.717) is 0 Å². The number of ether oxygens (including phenoxy) is 1. The molecule has 3 heteroatoms. The Morgan fingerprint density at radius 3 is 2.89 bits per heavy atom. The van der Waals surface area contributed by atoms with Crippen molar-refractivity contribution in [3.8, 4) is 0 Å². The molecule has 3 rings (SSSR count). The topological polar surface area (TPSA) is 46.5 Å². The van der Waals surface area contributed by atoms with Gasteiger partial charge in [-0.2, -0.15) is 0 Å². The van der Waals surface area contributed by atoms with E-state index in [0.717, 1.165) is 19.3 Å². The molecule has 1 saturated heterocycles. The number of hydrogen-bond donors (Lipinski definition) is 1. The molecule has 2 aliphatic carbocycles. The maximum absolute atomic E-state index is 11.8. The first-order valence-electron chi connectivity index (χ1n) is 6.96. The van der Waals surface area contributed by atoms with Gasteiger partial charge in [0.1, 0.15) is 6.10 Å². The van der Waals surface area contributed by atoms with E-state index >= 15 is 0 Å². The number of carbonyl (C=O) groups is 1. The van der Waals surface area contributed by atoms with Crippen molar-refractivity contribution in [2.75, 3.05) is 0 Å². The molecule has 0 radical (unpaired) electrons. The zero-order valence-corrected chi connectivity index (χ0v) is 11.3. The molecular formula is C15H22O3. The largest absolute Gasteiger partial charge is 0.461 e. The Bertz CT molecular complexity index is 412. The monoisotopic (exact) mass is 250 g/mol. The summed E-state index contributed by atoms with van der Waals surface area (Å²) in [5.41, 5.74) is -0.801. The number of aliphatic hydroxyl groups is 1. The van der Waals surface area contributed by atoms with Gasteiger partial charge in [0.15, 0.2) is 0 Å². The van der Waals surface area contributed by atoms with Gasteiger partial charge in [-0.25, -0.2) is 0 Å². The van der Waals surface area contributed by atoms with Crippen LogP contribution in [0.25, 0.3) is 0 Å². The van der Waals surface area contributed by atoms with E-state index in [-0.39, 0.29) is 35.2 Å². The summed E-state index contributed by atoms with van der Waals surface area (Å²) in [4.78, 5) is 11.8. The first-order valence-corrected chi connectivity index (χ1v) is 6.96. The molecule has 18 heavy (non-hydrogen) atoms. The summed E-state index contributed by atoms with van der Waals surface area (Å²) in [5, 5.41) is 10.7. The van der Waals surface area contributed by atoms with E-state index in [1.807, 2.05) is 19.9 Å². The summed E-state index contributed by atoms with van der Waals surface area (Å²) in [6.45, 7) is 6.04. The molecule has 3 nitrogen and oxygen atoms in total. The van der Waals surface area contributed by atoms with Gasteiger partial charge in [-0.05, 0) is 31.6 Å². The molecule has 1 aliphatic heterocycles. The number of hydrogen-bond acceptors (Lipinski definition) is 3. The minimum atomic E-state index is -0.860. The van der Waals surface area contributed by atoms with Crippen molar-refractivity contribution in [3.05, 3.63) is 12.2 Å². The fraction of sp³-hybridized carbons (Fsp3) is 0.800. The molecule has 2 fully saturated rings. The van der Waals surface area contributed by atoms with Crippen LogP contribution in [0.2, 0.25) is 0 Å². The van der Waals surface area contributed by atoms with Crippen molar-refractivity contribution in [1.29, 1.82) is 0 Å². The molecule has 1 N–H and O–H groups in total. The Hall–Kier alpha value is -0.830. The van der Waals surface area contributed by atoms with Gasteiger partial charge in [0.05, 0.1) is 11.5 Å². The Morgan fingerprint density at radius 2 is 2.17 bits per heavy atom. The minimum absolute atomic E-state index is 0.0127. The maximum Gasteiger partial charge on any atom is 0.309 e. The van der Waals surface area contributed by atoms with Gasteiger partial charge < -0.3 is 9.84 Å². The van der Waals surface area contributed by atoms with Crippen LogP contribution in [-0.2, 0) is 9.53 Å². The van der Waals surface area contributed by atoms with Crippen LogP contribution in [0.3, 0.4) is 0 Å². The van der Waals surface area contributed by atoms with Gasteiger partial charge in [0, 0.05) is 11.8 Å². The summed E-state index contributed by atoms with van der Waals surface area (Å²) in [6.07, 6.45) is 6.94. The third-order valence-corrected chi connectivity index (χ3v) is 5.49. The van der Waals surface area contributed by atoms with E-state index in [2.05, 4.69) is 13.0 Å². The average molecular weight is 250 g/mol. The molecular weight excluding hydrogens is 228 g/mol. The molecule has 0 unspecified atom stereocenters. The SMILES string of the molecule is C[C@@H]1C(=O)O[C@H]2[C@H]1CC[C@@]1(C)CC=C[C@@](C)(O)[C@H]21. The standard InChI is InChI=1S/C15H22O3/c1-9-10-5-8-14(2)6-4-7-15(3,17)12(14)11(10)18-13(9)16/h4,7,9-12,17H,5-6,8H2,1-3H3/t9-,10-,11-,12+,14+,15+/m0/s1. The molecule has 0 spiro atoms. The van der Waals surface area contributed by atoms with Crippen molar-refractivity contribution in [1.82, 2.24) is 0 Å². The summed E-state index contributed by atoms with van der Waals surface area (Å²) in [7, 11) is 0. The highest BCUT2D eigenvalue weighted by Crippen LogP contribution is 2.57. The molecule has 6 atom stereocenters. The lowest BCUT2D eigenvalue weighted by atomic mass is 9.53.